The van der Waals surface area contributed by atoms with Crippen molar-refractivity contribution in [1.29, 1.82) is 0 Å². The summed E-state index contributed by atoms with van der Waals surface area (Å²) >= 11 is 0. The fourth-order valence-corrected chi connectivity index (χ4v) is 6.12. The molecule has 3 aliphatic rings. The molecule has 0 saturated heterocycles. The smallest absolute Gasteiger partial charge is 0.255 e. The second-order valence-electron chi connectivity index (χ2n) is 10.3. The fourth-order valence-electron chi connectivity index (χ4n) is 6.12. The number of nitrogens with two attached hydrogens (primary N) is 1. The molecule has 10 nitrogen and oxygen atoms in total. The van der Waals surface area contributed by atoms with Gasteiger partial charge < -0.3 is 36.2 Å². The van der Waals surface area contributed by atoms with Gasteiger partial charge in [-0.2, -0.15) is 0 Å². The molecule has 0 aliphatic heterocycles. The molecule has 38 heavy (non-hydrogen) atoms. The lowest BCUT2D eigenvalue weighted by Gasteiger charge is -2.46. The zero-order valence-corrected chi connectivity index (χ0v) is 20.9. The van der Waals surface area contributed by atoms with Crippen LogP contribution in [-0.2, 0) is 22.6 Å². The van der Waals surface area contributed by atoms with Crippen LogP contribution in [0.2, 0.25) is 0 Å². The number of hydrogen-bond acceptors (Lipinski definition) is 9. The quantitative estimate of drug-likeness (QED) is 0.328. The highest BCUT2D eigenvalue weighted by Crippen LogP contribution is 2.53. The molecule has 0 unspecified atom stereocenters. The maximum Gasteiger partial charge on any atom is 0.255 e. The van der Waals surface area contributed by atoms with E-state index in [1.807, 2.05) is 0 Å². The molecule has 1 amide bonds. The van der Waals surface area contributed by atoms with Crippen molar-refractivity contribution < 1.29 is 39.9 Å². The third-order valence-corrected chi connectivity index (χ3v) is 7.94. The van der Waals surface area contributed by atoms with E-state index in [0.717, 1.165) is 0 Å². The number of benzene rings is 2. The molecule has 10 heteroatoms. The average molecular weight is 521 g/mol. The number of Topliss-reactive ketones (excluding diaryl/α,β-unsaturated/α-hetero) is 2. The Balaban J connectivity index is 1.72. The Morgan fingerprint density at radius 3 is 2.47 bits per heavy atom. The first-order chi connectivity index (χ1) is 17.9. The monoisotopic (exact) mass is 520 g/mol. The Labute approximate surface area is 217 Å². The number of amides is 1. The van der Waals surface area contributed by atoms with Gasteiger partial charge in [0.25, 0.3) is 5.91 Å². The van der Waals surface area contributed by atoms with E-state index >= 15 is 0 Å². The first kappa shape index (κ1) is 25.5. The third-order valence-electron chi connectivity index (χ3n) is 7.94. The number of carbonyl (C=O) groups is 3. The lowest BCUT2D eigenvalue weighted by atomic mass is 9.60. The van der Waals surface area contributed by atoms with Crippen LogP contribution in [0.15, 0.2) is 53.0 Å². The zero-order valence-electron chi connectivity index (χ0n) is 20.9. The van der Waals surface area contributed by atoms with E-state index in [4.69, 9.17) is 5.73 Å². The summed E-state index contributed by atoms with van der Waals surface area (Å²) in [6.07, 6.45) is 0.00455. The van der Waals surface area contributed by atoms with E-state index < -0.39 is 52.0 Å². The van der Waals surface area contributed by atoms with Gasteiger partial charge in [-0.15, -0.1) is 0 Å². The molecule has 7 N–H and O–H groups in total. The largest absolute Gasteiger partial charge is 0.511 e. The van der Waals surface area contributed by atoms with E-state index in [-0.39, 0.29) is 42.8 Å². The first-order valence-electron chi connectivity index (χ1n) is 12.1. The molecule has 3 aliphatic carbocycles. The highest BCUT2D eigenvalue weighted by Gasteiger charge is 2.59. The SMILES string of the molecule is CN(C)c1cc(-c2cccc(CO)c2)c(O)c2c1C[C@H]1C[C@H]3CC(O)=C(C(N)=O)C(=O)[C@@]3(O)C(O)=C1C2=O. The molecule has 0 aromatic heterocycles. The summed E-state index contributed by atoms with van der Waals surface area (Å²) in [5, 5.41) is 53.9. The van der Waals surface area contributed by atoms with Crippen molar-refractivity contribution in [2.75, 3.05) is 19.0 Å². The predicted molar refractivity (Wildman–Crippen MR) is 137 cm³/mol. The minimum atomic E-state index is -2.61. The number of rotatable bonds is 4. The van der Waals surface area contributed by atoms with Crippen LogP contribution in [0.4, 0.5) is 5.69 Å². The van der Waals surface area contributed by atoms with Crippen molar-refractivity contribution in [1.82, 2.24) is 0 Å². The second kappa shape index (κ2) is 8.71. The van der Waals surface area contributed by atoms with Crippen molar-refractivity contribution in [3.05, 3.63) is 69.7 Å². The molecular formula is C28H28N2O8. The highest BCUT2D eigenvalue weighted by atomic mass is 16.3. The van der Waals surface area contributed by atoms with E-state index in [2.05, 4.69) is 0 Å². The molecule has 2 aromatic rings. The molecular weight excluding hydrogens is 492 g/mol. The maximum atomic E-state index is 14.0. The normalized spacial score (nSPS) is 24.6. The fraction of sp³-hybridized carbons (Fsp3) is 0.321. The number of ketones is 2. The summed E-state index contributed by atoms with van der Waals surface area (Å²) in [4.78, 5) is 40.7. The first-order valence-corrected chi connectivity index (χ1v) is 12.1. The highest BCUT2D eigenvalue weighted by molar-refractivity contribution is 6.24. The minimum absolute atomic E-state index is 0.0581. The predicted octanol–water partition coefficient (Wildman–Crippen LogP) is 1.81. The van der Waals surface area contributed by atoms with Gasteiger partial charge >= 0.3 is 0 Å². The number of primary amides is 1. The minimum Gasteiger partial charge on any atom is -0.511 e. The lowest BCUT2D eigenvalue weighted by molar-refractivity contribution is -0.144. The summed E-state index contributed by atoms with van der Waals surface area (Å²) in [6.45, 7) is -0.216. The van der Waals surface area contributed by atoms with Crippen molar-refractivity contribution in [3.8, 4) is 16.9 Å². The molecule has 0 fully saturated rings. The molecule has 0 spiro atoms. The van der Waals surface area contributed by atoms with Crippen LogP contribution in [0.3, 0.4) is 0 Å². The van der Waals surface area contributed by atoms with Crippen LogP contribution in [0.25, 0.3) is 11.1 Å². The van der Waals surface area contributed by atoms with E-state index in [9.17, 15) is 39.9 Å². The Morgan fingerprint density at radius 1 is 1.13 bits per heavy atom. The molecule has 2 aromatic carbocycles. The number of aliphatic hydroxyl groups is 4. The number of aliphatic hydroxyl groups excluding tert-OH is 3. The summed E-state index contributed by atoms with van der Waals surface area (Å²) in [5.41, 5.74) is 4.27. The van der Waals surface area contributed by atoms with Gasteiger partial charge in [-0.25, -0.2) is 0 Å². The molecule has 198 valence electrons. The molecule has 5 rings (SSSR count). The van der Waals surface area contributed by atoms with Gasteiger partial charge in [0.05, 0.1) is 12.2 Å². The maximum absolute atomic E-state index is 14.0. The van der Waals surface area contributed by atoms with E-state index in [1.54, 1.807) is 49.3 Å². The summed E-state index contributed by atoms with van der Waals surface area (Å²) in [7, 11) is 3.59. The number of phenolic OH excluding ortho intramolecular Hbond substituents is 1. The number of hydrogen-bond donors (Lipinski definition) is 6. The topological polar surface area (TPSA) is 182 Å². The van der Waals surface area contributed by atoms with Crippen molar-refractivity contribution in [2.45, 2.75) is 31.5 Å². The standard InChI is InChI=1S/C28H28N2O8/c1-30(2)18-10-16(13-5-3-4-12(6-13)11-31)23(33)21-17(18)8-14-7-15-9-19(32)22(27(29)37)26(36)28(15,38)25(35)20(14)24(21)34/h3-6,10,14-15,31-33,35,38H,7-9,11H2,1-2H3,(H2,29,37)/t14-,15+,28+/m1/s1. The third kappa shape index (κ3) is 3.44. The molecule has 3 atom stereocenters. The molecule has 0 bridgehead atoms. The molecule has 0 heterocycles. The van der Waals surface area contributed by atoms with Gasteiger partial charge in [-0.1, -0.05) is 18.2 Å². The molecule has 0 radical (unpaired) electrons. The summed E-state index contributed by atoms with van der Waals surface area (Å²) in [5.74, 6) is -6.62. The van der Waals surface area contributed by atoms with Crippen LogP contribution < -0.4 is 10.6 Å². The number of aromatic hydroxyl groups is 1. The van der Waals surface area contributed by atoms with Crippen LogP contribution in [-0.4, -0.2) is 62.7 Å². The Morgan fingerprint density at radius 2 is 1.84 bits per heavy atom. The van der Waals surface area contributed by atoms with Gasteiger partial charge in [-0.05, 0) is 47.6 Å². The number of phenols is 1. The van der Waals surface area contributed by atoms with Crippen molar-refractivity contribution in [2.24, 2.45) is 17.6 Å². The number of allylic oxidation sites excluding steroid dienone is 2. The van der Waals surface area contributed by atoms with Gasteiger partial charge in [-0.3, -0.25) is 14.4 Å². The van der Waals surface area contributed by atoms with Crippen LogP contribution >= 0.6 is 0 Å². The number of carbonyl (C=O) groups excluding carboxylic acids is 3. The number of nitrogens with zero attached hydrogens (tertiary/aromatic N) is 1. The summed E-state index contributed by atoms with van der Waals surface area (Å²) < 4.78 is 0. The van der Waals surface area contributed by atoms with E-state index in [0.29, 0.717) is 27.9 Å². The Bertz CT molecular complexity index is 1490. The van der Waals surface area contributed by atoms with Crippen molar-refractivity contribution >= 4 is 23.2 Å². The van der Waals surface area contributed by atoms with Gasteiger partial charge in [0.1, 0.15) is 22.8 Å². The van der Waals surface area contributed by atoms with Gasteiger partial charge in [0.15, 0.2) is 11.4 Å². The van der Waals surface area contributed by atoms with E-state index in [1.165, 1.54) is 0 Å². The Kier molecular flexibility index (Phi) is 5.85. The average Bonchev–Trinajstić information content (AvgIpc) is 2.86. The van der Waals surface area contributed by atoms with Crippen LogP contribution in [0.1, 0.15) is 34.3 Å². The zero-order chi connectivity index (χ0) is 27.7. The van der Waals surface area contributed by atoms with Crippen LogP contribution in [0.5, 0.6) is 5.75 Å². The van der Waals surface area contributed by atoms with Crippen molar-refractivity contribution in [3.63, 3.8) is 0 Å². The second-order valence-corrected chi connectivity index (χ2v) is 10.3. The molecule has 0 saturated carbocycles. The number of fused-ring (bicyclic) bond motifs is 3. The summed E-state index contributed by atoms with van der Waals surface area (Å²) in [6, 6.07) is 8.60. The van der Waals surface area contributed by atoms with Gasteiger partial charge in [0.2, 0.25) is 5.78 Å². The van der Waals surface area contributed by atoms with Gasteiger partial charge in [0, 0.05) is 43.3 Å². The van der Waals surface area contributed by atoms with Crippen LogP contribution in [0, 0.1) is 11.8 Å². The lowest BCUT2D eigenvalue weighted by Crippen LogP contribution is -2.57. The Hall–Kier alpha value is -4.15. The number of anilines is 1.